The lowest BCUT2D eigenvalue weighted by Gasteiger charge is -2.33. The van der Waals surface area contributed by atoms with Crippen LogP contribution in [0.3, 0.4) is 0 Å². The largest absolute Gasteiger partial charge is 0.472 e. The number of rotatable bonds is 5. The summed E-state index contributed by atoms with van der Waals surface area (Å²) in [5, 5.41) is 2.91. The number of thioether (sulfide) groups is 1. The number of aryl methyl sites for hydroxylation is 1. The zero-order valence-corrected chi connectivity index (χ0v) is 14.4. The monoisotopic (exact) mass is 347 g/mol. The van der Waals surface area contributed by atoms with Crippen molar-refractivity contribution in [2.45, 2.75) is 6.04 Å². The van der Waals surface area contributed by atoms with E-state index >= 15 is 0 Å². The third-order valence-electron chi connectivity index (χ3n) is 4.24. The predicted octanol–water partition coefficient (Wildman–Crippen LogP) is 1.50. The van der Waals surface area contributed by atoms with Crippen molar-refractivity contribution in [1.29, 1.82) is 0 Å². The van der Waals surface area contributed by atoms with Gasteiger partial charge in [-0.25, -0.2) is 0 Å². The first-order valence-corrected chi connectivity index (χ1v) is 9.10. The van der Waals surface area contributed by atoms with Crippen molar-refractivity contribution in [2.75, 3.05) is 31.1 Å². The summed E-state index contributed by atoms with van der Waals surface area (Å²) in [6.45, 7) is 2.40. The second-order valence-corrected chi connectivity index (χ2v) is 6.99. The van der Waals surface area contributed by atoms with E-state index in [1.54, 1.807) is 37.9 Å². The maximum atomic E-state index is 12.4. The molecular weight excluding hydrogens is 326 g/mol. The van der Waals surface area contributed by atoms with Crippen molar-refractivity contribution in [3.63, 3.8) is 0 Å². The quantitative estimate of drug-likeness (QED) is 0.888. The summed E-state index contributed by atoms with van der Waals surface area (Å²) in [6.07, 6.45) is 5.01. The lowest BCUT2D eigenvalue weighted by atomic mass is 10.1. The second-order valence-electron chi connectivity index (χ2n) is 5.77. The average molecular weight is 347 g/mol. The summed E-state index contributed by atoms with van der Waals surface area (Å²) in [4.78, 5) is 26.8. The number of furan rings is 1. The molecule has 6 nitrogen and oxygen atoms in total. The SMILES string of the molecule is Cn1cccc(C(=O)NC[C@H](c2ccoc2)N2CCSCC2)c1=O. The summed E-state index contributed by atoms with van der Waals surface area (Å²) in [6, 6.07) is 5.25. The van der Waals surface area contributed by atoms with Crippen LogP contribution in [0.25, 0.3) is 0 Å². The Balaban J connectivity index is 1.72. The van der Waals surface area contributed by atoms with E-state index in [2.05, 4.69) is 10.2 Å². The molecule has 2 aromatic rings. The van der Waals surface area contributed by atoms with E-state index in [4.69, 9.17) is 4.42 Å². The standard InChI is InChI=1S/C17H21N3O3S/c1-19-5-2-3-14(17(19)22)16(21)18-11-15(13-4-8-23-12-13)20-6-9-24-10-7-20/h2-5,8,12,15H,6-7,9-11H2,1H3,(H,18,21)/t15-/m1/s1. The van der Waals surface area contributed by atoms with Crippen molar-refractivity contribution in [1.82, 2.24) is 14.8 Å². The molecule has 1 atom stereocenters. The van der Waals surface area contributed by atoms with Crippen LogP contribution in [-0.4, -0.2) is 46.5 Å². The minimum absolute atomic E-state index is 0.0566. The lowest BCUT2D eigenvalue weighted by molar-refractivity contribution is 0.0932. The maximum absolute atomic E-state index is 12.4. The van der Waals surface area contributed by atoms with Gasteiger partial charge in [-0.1, -0.05) is 0 Å². The highest BCUT2D eigenvalue weighted by Gasteiger charge is 2.24. The highest BCUT2D eigenvalue weighted by molar-refractivity contribution is 7.99. The molecule has 0 bridgehead atoms. The van der Waals surface area contributed by atoms with Crippen molar-refractivity contribution < 1.29 is 9.21 Å². The number of nitrogens with one attached hydrogen (secondary N) is 1. The van der Waals surface area contributed by atoms with E-state index < -0.39 is 0 Å². The van der Waals surface area contributed by atoms with Crippen LogP contribution in [0, 0.1) is 0 Å². The summed E-state index contributed by atoms with van der Waals surface area (Å²) in [7, 11) is 1.64. The van der Waals surface area contributed by atoms with Crippen LogP contribution in [0.2, 0.25) is 0 Å². The first kappa shape index (κ1) is 16.9. The Hall–Kier alpha value is -1.99. The van der Waals surface area contributed by atoms with Crippen molar-refractivity contribution in [2.24, 2.45) is 7.05 Å². The molecule has 3 heterocycles. The van der Waals surface area contributed by atoms with E-state index in [9.17, 15) is 9.59 Å². The Kier molecular flexibility index (Phi) is 5.42. The molecule has 3 rings (SSSR count). The van der Waals surface area contributed by atoms with Crippen molar-refractivity contribution in [3.8, 4) is 0 Å². The second kappa shape index (κ2) is 7.72. The maximum Gasteiger partial charge on any atom is 0.263 e. The van der Waals surface area contributed by atoms with Gasteiger partial charge in [-0.3, -0.25) is 14.5 Å². The molecule has 1 saturated heterocycles. The fraction of sp³-hybridized carbons (Fsp3) is 0.412. The molecule has 0 radical (unpaired) electrons. The molecule has 0 unspecified atom stereocenters. The Morgan fingerprint density at radius 2 is 2.17 bits per heavy atom. The Morgan fingerprint density at radius 3 is 2.88 bits per heavy atom. The minimum Gasteiger partial charge on any atom is -0.472 e. The number of carbonyl (C=O) groups excluding carboxylic acids is 1. The topological polar surface area (TPSA) is 67.5 Å². The third kappa shape index (κ3) is 3.73. The molecule has 2 aromatic heterocycles. The molecule has 0 saturated carbocycles. The normalized spacial score (nSPS) is 16.7. The molecule has 1 aliphatic heterocycles. The van der Waals surface area contributed by atoms with Crippen molar-refractivity contribution in [3.05, 3.63) is 58.4 Å². The van der Waals surface area contributed by atoms with Gasteiger partial charge in [0, 0.05) is 49.9 Å². The van der Waals surface area contributed by atoms with Gasteiger partial charge in [0.15, 0.2) is 0 Å². The smallest absolute Gasteiger partial charge is 0.263 e. The molecule has 1 aliphatic rings. The van der Waals surface area contributed by atoms with Gasteiger partial charge in [-0.05, 0) is 18.2 Å². The van der Waals surface area contributed by atoms with Crippen molar-refractivity contribution >= 4 is 17.7 Å². The van der Waals surface area contributed by atoms with E-state index in [0.717, 1.165) is 30.2 Å². The summed E-state index contributed by atoms with van der Waals surface area (Å²) in [5.41, 5.74) is 0.924. The number of aromatic nitrogens is 1. The molecule has 1 fully saturated rings. The van der Waals surface area contributed by atoms with E-state index in [1.807, 2.05) is 17.8 Å². The van der Waals surface area contributed by atoms with Gasteiger partial charge in [0.05, 0.1) is 18.6 Å². The molecule has 24 heavy (non-hydrogen) atoms. The molecule has 0 spiro atoms. The Bertz CT molecular complexity index is 736. The highest BCUT2D eigenvalue weighted by Crippen LogP contribution is 2.24. The van der Waals surface area contributed by atoms with Gasteiger partial charge < -0.3 is 14.3 Å². The number of carbonyl (C=O) groups is 1. The summed E-state index contributed by atoms with van der Waals surface area (Å²) >= 11 is 1.94. The van der Waals surface area contributed by atoms with Gasteiger partial charge in [0.25, 0.3) is 11.5 Å². The number of amides is 1. The molecule has 7 heteroatoms. The number of pyridine rings is 1. The zero-order chi connectivity index (χ0) is 16.9. The zero-order valence-electron chi connectivity index (χ0n) is 13.6. The van der Waals surface area contributed by atoms with Crippen LogP contribution in [0.5, 0.6) is 0 Å². The Labute approximate surface area is 144 Å². The predicted molar refractivity (Wildman–Crippen MR) is 94.4 cm³/mol. The molecule has 1 N–H and O–H groups in total. The summed E-state index contributed by atoms with van der Waals surface area (Å²) < 4.78 is 6.62. The van der Waals surface area contributed by atoms with Gasteiger partial charge in [-0.15, -0.1) is 0 Å². The van der Waals surface area contributed by atoms with Crippen LogP contribution in [-0.2, 0) is 7.05 Å². The highest BCUT2D eigenvalue weighted by atomic mass is 32.2. The van der Waals surface area contributed by atoms with Gasteiger partial charge >= 0.3 is 0 Å². The molecule has 128 valence electrons. The molecule has 1 amide bonds. The third-order valence-corrected chi connectivity index (χ3v) is 5.18. The molecular formula is C17H21N3O3S. The minimum atomic E-state index is -0.337. The van der Waals surface area contributed by atoms with Crippen LogP contribution < -0.4 is 10.9 Å². The van der Waals surface area contributed by atoms with Crippen LogP contribution >= 0.6 is 11.8 Å². The lowest BCUT2D eigenvalue weighted by Crippen LogP contribution is -2.42. The Morgan fingerprint density at radius 1 is 1.38 bits per heavy atom. The van der Waals surface area contributed by atoms with E-state index in [-0.39, 0.29) is 23.1 Å². The first-order valence-electron chi connectivity index (χ1n) is 7.94. The van der Waals surface area contributed by atoms with Gasteiger partial charge in [0.1, 0.15) is 5.56 Å². The molecule has 0 aromatic carbocycles. The molecule has 0 aliphatic carbocycles. The van der Waals surface area contributed by atoms with Crippen LogP contribution in [0.15, 0.2) is 46.1 Å². The fourth-order valence-electron chi connectivity index (χ4n) is 2.87. The fourth-order valence-corrected chi connectivity index (χ4v) is 3.80. The summed E-state index contributed by atoms with van der Waals surface area (Å²) in [5.74, 6) is 1.83. The number of nitrogens with zero attached hydrogens (tertiary/aromatic N) is 2. The van der Waals surface area contributed by atoms with Gasteiger partial charge in [-0.2, -0.15) is 11.8 Å². The van der Waals surface area contributed by atoms with E-state index in [1.165, 1.54) is 4.57 Å². The first-order chi connectivity index (χ1) is 11.7. The number of hydrogen-bond donors (Lipinski definition) is 1. The van der Waals surface area contributed by atoms with Crippen LogP contribution in [0.4, 0.5) is 0 Å². The van der Waals surface area contributed by atoms with Crippen LogP contribution in [0.1, 0.15) is 22.0 Å². The average Bonchev–Trinajstić information content (AvgIpc) is 3.12. The van der Waals surface area contributed by atoms with Gasteiger partial charge in [0.2, 0.25) is 0 Å². The van der Waals surface area contributed by atoms with E-state index in [0.29, 0.717) is 6.54 Å². The number of hydrogen-bond acceptors (Lipinski definition) is 5.